The molecule has 7 heteroatoms. The van der Waals surface area contributed by atoms with Gasteiger partial charge < -0.3 is 15.7 Å². The molecule has 1 aliphatic rings. The summed E-state index contributed by atoms with van der Waals surface area (Å²) in [7, 11) is 0. The van der Waals surface area contributed by atoms with E-state index in [1.807, 2.05) is 13.8 Å². The molecule has 0 atom stereocenters. The molecule has 0 radical (unpaired) electrons. The monoisotopic (exact) mass is 266 g/mol. The van der Waals surface area contributed by atoms with Crippen LogP contribution in [0.5, 0.6) is 0 Å². The maximum absolute atomic E-state index is 11.6. The highest BCUT2D eigenvalue weighted by Gasteiger charge is 2.50. The summed E-state index contributed by atoms with van der Waals surface area (Å²) in [5, 5.41) is 18.3. The van der Waals surface area contributed by atoms with Crippen LogP contribution >= 0.6 is 0 Å². The van der Waals surface area contributed by atoms with Crippen molar-refractivity contribution in [3.63, 3.8) is 0 Å². The second-order valence-electron chi connectivity index (χ2n) is 5.20. The lowest BCUT2D eigenvalue weighted by atomic mass is 10.1. The Hall–Kier alpha value is -2.05. The lowest BCUT2D eigenvalue weighted by molar-refractivity contribution is -0.143. The average molecular weight is 266 g/mol. The number of carbonyl (C=O) groups is 2. The van der Waals surface area contributed by atoms with E-state index in [4.69, 9.17) is 5.11 Å². The van der Waals surface area contributed by atoms with Gasteiger partial charge in [-0.25, -0.2) is 4.79 Å². The summed E-state index contributed by atoms with van der Waals surface area (Å²) in [4.78, 5) is 22.6. The third-order valence-electron chi connectivity index (χ3n) is 3.28. The molecule has 0 saturated heterocycles. The molecule has 0 aliphatic heterocycles. The number of carboxylic acids is 1. The van der Waals surface area contributed by atoms with Crippen LogP contribution in [0.15, 0.2) is 12.4 Å². The first-order valence-corrected chi connectivity index (χ1v) is 6.25. The van der Waals surface area contributed by atoms with E-state index in [2.05, 4.69) is 15.7 Å². The van der Waals surface area contributed by atoms with E-state index in [-0.39, 0.29) is 12.6 Å². The Labute approximate surface area is 111 Å². The second-order valence-corrected chi connectivity index (χ2v) is 5.20. The third kappa shape index (κ3) is 3.04. The second kappa shape index (κ2) is 4.91. The molecule has 1 heterocycles. The van der Waals surface area contributed by atoms with Gasteiger partial charge in [0, 0.05) is 18.8 Å². The highest BCUT2D eigenvalue weighted by atomic mass is 16.4. The number of anilines is 1. The van der Waals surface area contributed by atoms with Crippen LogP contribution in [-0.2, 0) is 4.79 Å². The van der Waals surface area contributed by atoms with Crippen molar-refractivity contribution in [3.05, 3.63) is 12.4 Å². The van der Waals surface area contributed by atoms with Crippen molar-refractivity contribution < 1.29 is 14.7 Å². The predicted molar refractivity (Wildman–Crippen MR) is 68.9 cm³/mol. The molecule has 0 unspecified atom stereocenters. The van der Waals surface area contributed by atoms with Crippen LogP contribution in [-0.4, -0.2) is 33.4 Å². The van der Waals surface area contributed by atoms with Crippen molar-refractivity contribution in [1.82, 2.24) is 15.1 Å². The van der Waals surface area contributed by atoms with Gasteiger partial charge in [0.25, 0.3) is 0 Å². The quantitative estimate of drug-likeness (QED) is 0.751. The molecule has 3 N–H and O–H groups in total. The first-order chi connectivity index (χ1) is 8.93. The molecule has 7 nitrogen and oxygen atoms in total. The molecule has 1 saturated carbocycles. The normalized spacial score (nSPS) is 16.2. The number of rotatable bonds is 5. The zero-order valence-electron chi connectivity index (χ0n) is 11.0. The van der Waals surface area contributed by atoms with Gasteiger partial charge in [0.05, 0.1) is 17.3 Å². The SMILES string of the molecule is CC(C)n1cc(NC(=O)NCC2(C(=O)O)CC2)cn1. The summed E-state index contributed by atoms with van der Waals surface area (Å²) in [6, 6.07) is -0.184. The molecule has 1 aromatic rings. The van der Waals surface area contributed by atoms with Crippen molar-refractivity contribution in [2.75, 3.05) is 11.9 Å². The van der Waals surface area contributed by atoms with E-state index in [0.29, 0.717) is 18.5 Å². The van der Waals surface area contributed by atoms with Gasteiger partial charge in [-0.1, -0.05) is 0 Å². The number of hydrogen-bond acceptors (Lipinski definition) is 3. The minimum absolute atomic E-state index is 0.159. The Morgan fingerprint density at radius 2 is 2.21 bits per heavy atom. The summed E-state index contributed by atoms with van der Waals surface area (Å²) in [5.74, 6) is -0.847. The topological polar surface area (TPSA) is 96.2 Å². The van der Waals surface area contributed by atoms with Gasteiger partial charge in [0.1, 0.15) is 0 Å². The van der Waals surface area contributed by atoms with Gasteiger partial charge in [-0.15, -0.1) is 0 Å². The van der Waals surface area contributed by atoms with Gasteiger partial charge in [-0.3, -0.25) is 9.48 Å². The number of hydrogen-bond donors (Lipinski definition) is 3. The standard InChI is InChI=1S/C12H18N4O3/c1-8(2)16-6-9(5-14-16)15-11(19)13-7-12(3-4-12)10(17)18/h5-6,8H,3-4,7H2,1-2H3,(H,17,18)(H2,13,15,19). The lowest BCUT2D eigenvalue weighted by Gasteiger charge is -2.11. The minimum atomic E-state index is -0.847. The van der Waals surface area contributed by atoms with E-state index in [1.165, 1.54) is 0 Å². The molecule has 1 aromatic heterocycles. The molecular formula is C12H18N4O3. The summed E-state index contributed by atoms with van der Waals surface area (Å²) in [6.07, 6.45) is 4.53. The van der Waals surface area contributed by atoms with E-state index in [0.717, 1.165) is 0 Å². The van der Waals surface area contributed by atoms with Crippen LogP contribution in [0.25, 0.3) is 0 Å². The van der Waals surface area contributed by atoms with Crippen molar-refractivity contribution in [1.29, 1.82) is 0 Å². The highest BCUT2D eigenvalue weighted by molar-refractivity contribution is 5.89. The van der Waals surface area contributed by atoms with Gasteiger partial charge in [0.2, 0.25) is 0 Å². The van der Waals surface area contributed by atoms with Crippen LogP contribution in [0.3, 0.4) is 0 Å². The predicted octanol–water partition coefficient (Wildman–Crippen LogP) is 1.45. The maximum atomic E-state index is 11.6. The average Bonchev–Trinajstić information content (AvgIpc) is 3.00. The number of carboxylic acid groups (broad SMARTS) is 1. The van der Waals surface area contributed by atoms with Crippen LogP contribution in [0.2, 0.25) is 0 Å². The van der Waals surface area contributed by atoms with E-state index in [1.54, 1.807) is 17.1 Å². The number of aromatic nitrogens is 2. The van der Waals surface area contributed by atoms with Crippen molar-refractivity contribution in [3.8, 4) is 0 Å². The molecule has 0 spiro atoms. The van der Waals surface area contributed by atoms with Gasteiger partial charge in [-0.05, 0) is 26.7 Å². The highest BCUT2D eigenvalue weighted by Crippen LogP contribution is 2.45. The Morgan fingerprint density at radius 3 is 2.68 bits per heavy atom. The fraction of sp³-hybridized carbons (Fsp3) is 0.583. The van der Waals surface area contributed by atoms with Crippen molar-refractivity contribution in [2.24, 2.45) is 5.41 Å². The van der Waals surface area contributed by atoms with Crippen LogP contribution in [0.4, 0.5) is 10.5 Å². The van der Waals surface area contributed by atoms with Gasteiger partial charge in [-0.2, -0.15) is 5.10 Å². The number of carbonyl (C=O) groups excluding carboxylic acids is 1. The fourth-order valence-electron chi connectivity index (χ4n) is 1.73. The largest absolute Gasteiger partial charge is 0.481 e. The molecular weight excluding hydrogens is 248 g/mol. The smallest absolute Gasteiger partial charge is 0.319 e. The van der Waals surface area contributed by atoms with Crippen LogP contribution < -0.4 is 10.6 Å². The van der Waals surface area contributed by atoms with E-state index >= 15 is 0 Å². The van der Waals surface area contributed by atoms with Crippen molar-refractivity contribution in [2.45, 2.75) is 32.7 Å². The molecule has 1 fully saturated rings. The summed E-state index contributed by atoms with van der Waals surface area (Å²) in [5.41, 5.74) is -0.161. The molecule has 2 rings (SSSR count). The Bertz CT molecular complexity index is 491. The Morgan fingerprint density at radius 1 is 1.53 bits per heavy atom. The summed E-state index contributed by atoms with van der Waals surface area (Å²) in [6.45, 7) is 4.13. The van der Waals surface area contributed by atoms with E-state index in [9.17, 15) is 9.59 Å². The summed E-state index contributed by atoms with van der Waals surface area (Å²) >= 11 is 0. The molecule has 1 aliphatic carbocycles. The molecule has 2 amide bonds. The van der Waals surface area contributed by atoms with Crippen LogP contribution in [0.1, 0.15) is 32.7 Å². The number of amides is 2. The lowest BCUT2D eigenvalue weighted by Crippen LogP contribution is -2.36. The number of aliphatic carboxylic acids is 1. The van der Waals surface area contributed by atoms with Crippen molar-refractivity contribution >= 4 is 17.7 Å². The zero-order valence-corrected chi connectivity index (χ0v) is 11.0. The minimum Gasteiger partial charge on any atom is -0.481 e. The zero-order chi connectivity index (χ0) is 14.0. The molecule has 104 valence electrons. The number of nitrogens with zero attached hydrogens (tertiary/aromatic N) is 2. The number of nitrogens with one attached hydrogen (secondary N) is 2. The van der Waals surface area contributed by atoms with Gasteiger partial charge in [0.15, 0.2) is 0 Å². The van der Waals surface area contributed by atoms with Gasteiger partial charge >= 0.3 is 12.0 Å². The number of urea groups is 1. The molecule has 19 heavy (non-hydrogen) atoms. The Kier molecular flexibility index (Phi) is 3.46. The third-order valence-corrected chi connectivity index (χ3v) is 3.28. The maximum Gasteiger partial charge on any atom is 0.319 e. The first-order valence-electron chi connectivity index (χ1n) is 6.25. The summed E-state index contributed by atoms with van der Waals surface area (Å²) < 4.78 is 1.73. The first kappa shape index (κ1) is 13.4. The van der Waals surface area contributed by atoms with E-state index < -0.39 is 17.4 Å². The van der Waals surface area contributed by atoms with Crippen LogP contribution in [0, 0.1) is 5.41 Å². The molecule has 0 bridgehead atoms. The molecule has 0 aromatic carbocycles. The Balaban J connectivity index is 1.82. The fourth-order valence-corrected chi connectivity index (χ4v) is 1.73.